The smallest absolute Gasteiger partial charge is 0.408 e. The van der Waals surface area contributed by atoms with Gasteiger partial charge in [-0.05, 0) is 56.9 Å². The first kappa shape index (κ1) is 30.0. The normalized spacial score (nSPS) is 12.4. The van der Waals surface area contributed by atoms with E-state index in [1.165, 1.54) is 0 Å². The number of carbonyl (C=O) groups excluding carboxylic acids is 3. The standard InChI is InChI=1S/C33H37N3O4/c1-7-36(31(38)28(21-25-14-10-8-11-15-25)35-32(39)40-33(4,5)6)29(27-19-18-23(2)20-24(27)3)30(37)34-22-26-16-12-9-13-17-26/h1,8-20,28-29H,21-22H2,2-6H3,(H,34,37)(H,35,39). The zero-order chi connectivity index (χ0) is 29.3. The molecule has 3 aromatic carbocycles. The second-order valence-electron chi connectivity index (χ2n) is 10.7. The van der Waals surface area contributed by atoms with Gasteiger partial charge in [0.25, 0.3) is 5.91 Å². The molecule has 0 fully saturated rings. The highest BCUT2D eigenvalue weighted by Gasteiger charge is 2.36. The fraction of sp³-hybridized carbons (Fsp3) is 0.303. The summed E-state index contributed by atoms with van der Waals surface area (Å²) in [6, 6.07) is 24.6. The molecule has 208 valence electrons. The molecule has 40 heavy (non-hydrogen) atoms. The highest BCUT2D eigenvalue weighted by atomic mass is 16.6. The minimum absolute atomic E-state index is 0.155. The molecule has 0 spiro atoms. The number of benzene rings is 3. The number of carbonyl (C=O) groups is 3. The summed E-state index contributed by atoms with van der Waals surface area (Å²) in [7, 11) is 0. The molecule has 0 heterocycles. The predicted molar refractivity (Wildman–Crippen MR) is 156 cm³/mol. The van der Waals surface area contributed by atoms with Crippen LogP contribution in [0.15, 0.2) is 78.9 Å². The zero-order valence-corrected chi connectivity index (χ0v) is 23.7. The summed E-state index contributed by atoms with van der Waals surface area (Å²) in [4.78, 5) is 41.7. The number of hydrogen-bond donors (Lipinski definition) is 2. The van der Waals surface area contributed by atoms with Crippen molar-refractivity contribution in [3.05, 3.63) is 107 Å². The highest BCUT2D eigenvalue weighted by molar-refractivity contribution is 5.93. The van der Waals surface area contributed by atoms with Gasteiger partial charge in [-0.2, -0.15) is 0 Å². The van der Waals surface area contributed by atoms with E-state index < -0.39 is 35.6 Å². The number of amides is 3. The molecule has 3 amide bonds. The van der Waals surface area contributed by atoms with Gasteiger partial charge in [-0.25, -0.2) is 4.79 Å². The average molecular weight is 540 g/mol. The van der Waals surface area contributed by atoms with Crippen molar-refractivity contribution in [2.45, 2.75) is 65.3 Å². The summed E-state index contributed by atoms with van der Waals surface area (Å²) >= 11 is 0. The Morgan fingerprint density at radius 2 is 1.52 bits per heavy atom. The second kappa shape index (κ2) is 13.5. The van der Waals surface area contributed by atoms with Gasteiger partial charge in [0.1, 0.15) is 17.7 Å². The van der Waals surface area contributed by atoms with Gasteiger partial charge < -0.3 is 15.4 Å². The lowest BCUT2D eigenvalue weighted by Gasteiger charge is -2.31. The van der Waals surface area contributed by atoms with Crippen molar-refractivity contribution in [2.75, 3.05) is 0 Å². The maximum absolute atomic E-state index is 14.1. The van der Waals surface area contributed by atoms with Crippen LogP contribution >= 0.6 is 0 Å². The lowest BCUT2D eigenvalue weighted by atomic mass is 9.96. The van der Waals surface area contributed by atoms with E-state index in [2.05, 4.69) is 16.7 Å². The molecular weight excluding hydrogens is 502 g/mol. The maximum atomic E-state index is 14.1. The Hall–Kier alpha value is -4.57. The zero-order valence-electron chi connectivity index (χ0n) is 23.7. The average Bonchev–Trinajstić information content (AvgIpc) is 2.90. The van der Waals surface area contributed by atoms with Crippen molar-refractivity contribution in [3.63, 3.8) is 0 Å². The van der Waals surface area contributed by atoms with Crippen molar-refractivity contribution < 1.29 is 19.1 Å². The van der Waals surface area contributed by atoms with E-state index in [-0.39, 0.29) is 13.0 Å². The van der Waals surface area contributed by atoms with Gasteiger partial charge >= 0.3 is 6.09 Å². The first-order chi connectivity index (χ1) is 19.0. The molecule has 0 aliphatic heterocycles. The van der Waals surface area contributed by atoms with Crippen molar-refractivity contribution in [1.82, 2.24) is 15.5 Å². The van der Waals surface area contributed by atoms with Crippen LogP contribution < -0.4 is 10.6 Å². The minimum atomic E-state index is -1.12. The third-order valence-corrected chi connectivity index (χ3v) is 6.18. The first-order valence-corrected chi connectivity index (χ1v) is 13.2. The lowest BCUT2D eigenvalue weighted by molar-refractivity contribution is -0.138. The third kappa shape index (κ3) is 8.47. The molecule has 2 unspecified atom stereocenters. The van der Waals surface area contributed by atoms with Crippen LogP contribution in [0.25, 0.3) is 0 Å². The lowest BCUT2D eigenvalue weighted by Crippen LogP contribution is -2.52. The van der Waals surface area contributed by atoms with E-state index >= 15 is 0 Å². The van der Waals surface area contributed by atoms with Gasteiger partial charge in [0.05, 0.1) is 0 Å². The van der Waals surface area contributed by atoms with Crippen LogP contribution in [0.5, 0.6) is 0 Å². The molecule has 0 radical (unpaired) electrons. The monoisotopic (exact) mass is 539 g/mol. The molecule has 7 heteroatoms. The van der Waals surface area contributed by atoms with E-state index in [0.29, 0.717) is 5.56 Å². The molecule has 0 bridgehead atoms. The molecule has 0 aliphatic carbocycles. The van der Waals surface area contributed by atoms with Gasteiger partial charge in [0.15, 0.2) is 0 Å². The van der Waals surface area contributed by atoms with Gasteiger partial charge in [0, 0.05) is 19.0 Å². The molecule has 2 atom stereocenters. The number of nitrogens with zero attached hydrogens (tertiary/aromatic N) is 1. The first-order valence-electron chi connectivity index (χ1n) is 13.2. The second-order valence-corrected chi connectivity index (χ2v) is 10.7. The summed E-state index contributed by atoms with van der Waals surface area (Å²) in [5, 5.41) is 5.61. The molecule has 0 aliphatic rings. The summed E-state index contributed by atoms with van der Waals surface area (Å²) in [6.07, 6.45) is 5.33. The summed E-state index contributed by atoms with van der Waals surface area (Å²) in [5.41, 5.74) is 3.37. The molecule has 0 aromatic heterocycles. The summed E-state index contributed by atoms with van der Waals surface area (Å²) in [6.45, 7) is 9.30. The van der Waals surface area contributed by atoms with Gasteiger partial charge in [-0.15, -0.1) is 0 Å². The fourth-order valence-electron chi connectivity index (χ4n) is 4.34. The number of terminal acetylenes is 1. The van der Waals surface area contributed by atoms with Crippen LogP contribution in [0.4, 0.5) is 4.79 Å². The Labute approximate surface area is 236 Å². The maximum Gasteiger partial charge on any atom is 0.408 e. The number of ether oxygens (including phenoxy) is 1. The molecule has 2 N–H and O–H groups in total. The van der Waals surface area contributed by atoms with Gasteiger partial charge in [-0.1, -0.05) is 90.8 Å². The minimum Gasteiger partial charge on any atom is -0.444 e. The molecule has 3 aromatic rings. The van der Waals surface area contributed by atoms with E-state index in [9.17, 15) is 14.4 Å². The number of alkyl carbamates (subject to hydrolysis) is 1. The molecule has 3 rings (SSSR count). The van der Waals surface area contributed by atoms with E-state index in [1.54, 1.807) is 20.8 Å². The van der Waals surface area contributed by atoms with Crippen molar-refractivity contribution in [1.29, 1.82) is 0 Å². The van der Waals surface area contributed by atoms with Crippen LogP contribution in [-0.4, -0.2) is 34.5 Å². The van der Waals surface area contributed by atoms with Crippen molar-refractivity contribution in [2.24, 2.45) is 0 Å². The number of rotatable bonds is 9. The van der Waals surface area contributed by atoms with Crippen molar-refractivity contribution >= 4 is 17.9 Å². The number of nitrogens with one attached hydrogen (secondary N) is 2. The quantitative estimate of drug-likeness (QED) is 0.288. The predicted octanol–water partition coefficient (Wildman–Crippen LogP) is 5.22. The Kier molecular flexibility index (Phi) is 10.1. The fourth-order valence-corrected chi connectivity index (χ4v) is 4.34. The Morgan fingerprint density at radius 1 is 0.925 bits per heavy atom. The van der Waals surface area contributed by atoms with Crippen LogP contribution in [0.1, 0.15) is 54.6 Å². The third-order valence-electron chi connectivity index (χ3n) is 6.18. The van der Waals surface area contributed by atoms with Gasteiger partial charge in [0.2, 0.25) is 5.91 Å². The van der Waals surface area contributed by atoms with Crippen LogP contribution in [-0.2, 0) is 27.3 Å². The molecule has 0 saturated heterocycles. The van der Waals surface area contributed by atoms with E-state index in [1.807, 2.05) is 92.7 Å². The van der Waals surface area contributed by atoms with Crippen LogP contribution in [0.2, 0.25) is 0 Å². The Bertz CT molecular complexity index is 1360. The summed E-state index contributed by atoms with van der Waals surface area (Å²) < 4.78 is 5.43. The molecule has 0 saturated carbocycles. The van der Waals surface area contributed by atoms with Crippen LogP contribution in [0, 0.1) is 26.3 Å². The van der Waals surface area contributed by atoms with Gasteiger partial charge in [-0.3, -0.25) is 14.5 Å². The number of aryl methyl sites for hydroxylation is 2. The Balaban J connectivity index is 1.98. The highest BCUT2D eigenvalue weighted by Crippen LogP contribution is 2.26. The van der Waals surface area contributed by atoms with E-state index in [0.717, 1.165) is 27.2 Å². The molecule has 7 nitrogen and oxygen atoms in total. The van der Waals surface area contributed by atoms with Crippen LogP contribution in [0.3, 0.4) is 0 Å². The molecular formula is C33H37N3O4. The summed E-state index contributed by atoms with van der Waals surface area (Å²) in [5.74, 6) is -1.03. The SMILES string of the molecule is C#CN(C(=O)C(Cc1ccccc1)NC(=O)OC(C)(C)C)C(C(=O)NCc1ccccc1)c1ccc(C)cc1C. The van der Waals surface area contributed by atoms with Crippen molar-refractivity contribution in [3.8, 4) is 12.5 Å². The Morgan fingerprint density at radius 3 is 2.08 bits per heavy atom. The van der Waals surface area contributed by atoms with E-state index in [4.69, 9.17) is 11.2 Å². The topological polar surface area (TPSA) is 87.7 Å². The largest absolute Gasteiger partial charge is 0.444 e. The number of hydrogen-bond acceptors (Lipinski definition) is 4.